The largest absolute Gasteiger partial charge is 0.492 e. The minimum atomic E-state index is -4.90. The summed E-state index contributed by atoms with van der Waals surface area (Å²) in [7, 11) is 0. The zero-order valence-electron chi connectivity index (χ0n) is 14.9. The van der Waals surface area contributed by atoms with Gasteiger partial charge in [-0.3, -0.25) is 4.90 Å². The minimum Gasteiger partial charge on any atom is -0.492 e. The quantitative estimate of drug-likeness (QED) is 0.742. The van der Waals surface area contributed by atoms with E-state index in [2.05, 4.69) is 20.2 Å². The number of nitrogens with one attached hydrogen (secondary N) is 1. The normalized spacial score (nSPS) is 14.8. The summed E-state index contributed by atoms with van der Waals surface area (Å²) < 4.78 is 44.7. The fraction of sp³-hybridized carbons (Fsp3) is 0.389. The Morgan fingerprint density at radius 2 is 1.89 bits per heavy atom. The summed E-state index contributed by atoms with van der Waals surface area (Å²) in [6.45, 7) is 3.59. The van der Waals surface area contributed by atoms with Crippen molar-refractivity contribution in [3.63, 3.8) is 0 Å². The first-order valence-corrected chi connectivity index (χ1v) is 8.73. The second kappa shape index (κ2) is 8.42. The zero-order chi connectivity index (χ0) is 20.1. The molecule has 0 amide bonds. The van der Waals surface area contributed by atoms with E-state index in [9.17, 15) is 18.0 Å². The molecule has 2 N–H and O–H groups in total. The van der Waals surface area contributed by atoms with Gasteiger partial charge in [-0.1, -0.05) is 0 Å². The van der Waals surface area contributed by atoms with Gasteiger partial charge in [0.05, 0.1) is 0 Å². The van der Waals surface area contributed by atoms with Crippen molar-refractivity contribution in [1.29, 1.82) is 0 Å². The summed E-state index contributed by atoms with van der Waals surface area (Å²) in [6.07, 6.45) is -1.84. The summed E-state index contributed by atoms with van der Waals surface area (Å²) >= 11 is 0. The van der Waals surface area contributed by atoms with E-state index in [4.69, 9.17) is 9.84 Å². The average molecular weight is 396 g/mol. The third-order valence-corrected chi connectivity index (χ3v) is 4.27. The summed E-state index contributed by atoms with van der Waals surface area (Å²) in [5, 5.41) is 11.5. The molecule has 0 saturated carbocycles. The first-order chi connectivity index (χ1) is 13.3. The number of carboxylic acid groups (broad SMARTS) is 1. The predicted octanol–water partition coefficient (Wildman–Crippen LogP) is 3.41. The molecule has 10 heteroatoms. The van der Waals surface area contributed by atoms with E-state index in [-0.39, 0.29) is 5.95 Å². The molecule has 3 rings (SSSR count). The number of ether oxygens (including phenoxy) is 1. The van der Waals surface area contributed by atoms with Crippen LogP contribution in [0.25, 0.3) is 0 Å². The SMILES string of the molecule is O=C(O)c1cnc(Nc2ccc(OCCN3CCCC3)cc2)nc1C(F)(F)F. The molecule has 2 heterocycles. The molecule has 1 saturated heterocycles. The van der Waals surface area contributed by atoms with Crippen molar-refractivity contribution in [1.82, 2.24) is 14.9 Å². The van der Waals surface area contributed by atoms with E-state index >= 15 is 0 Å². The number of nitrogens with zero attached hydrogens (tertiary/aromatic N) is 3. The third kappa shape index (κ3) is 5.10. The van der Waals surface area contributed by atoms with E-state index in [0.29, 0.717) is 24.2 Å². The lowest BCUT2D eigenvalue weighted by molar-refractivity contribution is -0.141. The average Bonchev–Trinajstić information content (AvgIpc) is 3.16. The molecule has 1 aromatic heterocycles. The predicted molar refractivity (Wildman–Crippen MR) is 94.9 cm³/mol. The van der Waals surface area contributed by atoms with Crippen LogP contribution in [-0.2, 0) is 6.18 Å². The molecule has 0 bridgehead atoms. The lowest BCUT2D eigenvalue weighted by Gasteiger charge is -2.15. The van der Waals surface area contributed by atoms with Gasteiger partial charge in [-0.25, -0.2) is 14.8 Å². The molecule has 150 valence electrons. The van der Waals surface area contributed by atoms with Crippen LogP contribution in [0.1, 0.15) is 28.9 Å². The van der Waals surface area contributed by atoms with Crippen molar-refractivity contribution in [2.24, 2.45) is 0 Å². The van der Waals surface area contributed by atoms with Crippen LogP contribution in [0.5, 0.6) is 5.75 Å². The van der Waals surface area contributed by atoms with Crippen LogP contribution in [0.4, 0.5) is 24.8 Å². The van der Waals surface area contributed by atoms with Crippen molar-refractivity contribution < 1.29 is 27.8 Å². The molecule has 0 spiro atoms. The molecule has 1 fully saturated rings. The molecule has 0 radical (unpaired) electrons. The van der Waals surface area contributed by atoms with Gasteiger partial charge in [0.1, 0.15) is 17.9 Å². The molecular formula is C18H19F3N4O3. The number of alkyl halides is 3. The third-order valence-electron chi connectivity index (χ3n) is 4.27. The number of benzene rings is 1. The maximum atomic E-state index is 13.0. The van der Waals surface area contributed by atoms with E-state index < -0.39 is 23.4 Å². The van der Waals surface area contributed by atoms with Gasteiger partial charge in [0.15, 0.2) is 5.69 Å². The number of aromatic nitrogens is 2. The lowest BCUT2D eigenvalue weighted by Crippen LogP contribution is -2.25. The highest BCUT2D eigenvalue weighted by atomic mass is 19.4. The van der Waals surface area contributed by atoms with Gasteiger partial charge in [0, 0.05) is 18.4 Å². The molecule has 0 unspecified atom stereocenters. The molecule has 0 aliphatic carbocycles. The molecule has 1 aliphatic heterocycles. The standard InChI is InChI=1S/C18H19F3N4O3/c19-18(20,21)15-14(16(26)27)11-22-17(24-15)23-12-3-5-13(6-4-12)28-10-9-25-7-1-2-8-25/h3-6,11H,1-2,7-10H2,(H,26,27)(H,22,23,24). The molecule has 2 aromatic rings. The Hall–Kier alpha value is -2.88. The van der Waals surface area contributed by atoms with E-state index in [0.717, 1.165) is 19.6 Å². The topological polar surface area (TPSA) is 87.6 Å². The number of anilines is 2. The summed E-state index contributed by atoms with van der Waals surface area (Å²) in [5.74, 6) is -1.45. The van der Waals surface area contributed by atoms with Crippen LogP contribution in [0.2, 0.25) is 0 Å². The summed E-state index contributed by atoms with van der Waals surface area (Å²) in [4.78, 5) is 20.2. The van der Waals surface area contributed by atoms with Crippen LogP contribution in [-0.4, -0.2) is 52.2 Å². The fourth-order valence-corrected chi connectivity index (χ4v) is 2.88. The number of likely N-dealkylation sites (tertiary alicyclic amines) is 1. The van der Waals surface area contributed by atoms with Crippen LogP contribution in [0.3, 0.4) is 0 Å². The molecule has 28 heavy (non-hydrogen) atoms. The van der Waals surface area contributed by atoms with E-state index in [1.165, 1.54) is 12.8 Å². The van der Waals surface area contributed by atoms with Crippen LogP contribution in [0.15, 0.2) is 30.5 Å². The van der Waals surface area contributed by atoms with Gasteiger partial charge >= 0.3 is 12.1 Å². The first-order valence-electron chi connectivity index (χ1n) is 8.73. The van der Waals surface area contributed by atoms with E-state index in [1.807, 2.05) is 0 Å². The van der Waals surface area contributed by atoms with Gasteiger partial charge in [-0.2, -0.15) is 13.2 Å². The van der Waals surface area contributed by atoms with Crippen LogP contribution < -0.4 is 10.1 Å². The zero-order valence-corrected chi connectivity index (χ0v) is 14.9. The monoisotopic (exact) mass is 396 g/mol. The van der Waals surface area contributed by atoms with Crippen molar-refractivity contribution in [2.75, 3.05) is 31.6 Å². The molecule has 7 nitrogen and oxygen atoms in total. The second-order valence-electron chi connectivity index (χ2n) is 6.31. The van der Waals surface area contributed by atoms with Gasteiger partial charge in [0.2, 0.25) is 5.95 Å². The smallest absolute Gasteiger partial charge is 0.434 e. The van der Waals surface area contributed by atoms with Gasteiger partial charge in [0.25, 0.3) is 0 Å². The highest BCUT2D eigenvalue weighted by molar-refractivity contribution is 5.88. The number of halogens is 3. The Morgan fingerprint density at radius 3 is 2.50 bits per heavy atom. The van der Waals surface area contributed by atoms with Crippen LogP contribution in [0, 0.1) is 0 Å². The maximum Gasteiger partial charge on any atom is 0.434 e. The molecular weight excluding hydrogens is 377 g/mol. The molecule has 1 aromatic carbocycles. The van der Waals surface area contributed by atoms with Crippen molar-refractivity contribution >= 4 is 17.6 Å². The number of rotatable bonds is 7. The number of carboxylic acids is 1. The number of hydrogen-bond donors (Lipinski definition) is 2. The number of carbonyl (C=O) groups is 1. The van der Waals surface area contributed by atoms with Crippen molar-refractivity contribution in [3.8, 4) is 5.75 Å². The fourth-order valence-electron chi connectivity index (χ4n) is 2.88. The Bertz CT molecular complexity index is 822. The van der Waals surface area contributed by atoms with E-state index in [1.54, 1.807) is 24.3 Å². The number of aromatic carboxylic acids is 1. The lowest BCUT2D eigenvalue weighted by atomic mass is 10.2. The summed E-state index contributed by atoms with van der Waals surface area (Å²) in [6, 6.07) is 6.60. The van der Waals surface area contributed by atoms with Gasteiger partial charge in [-0.05, 0) is 50.2 Å². The molecule has 1 aliphatic rings. The highest BCUT2D eigenvalue weighted by Gasteiger charge is 2.38. The van der Waals surface area contributed by atoms with Gasteiger partial charge in [-0.15, -0.1) is 0 Å². The van der Waals surface area contributed by atoms with Gasteiger partial charge < -0.3 is 15.2 Å². The summed E-state index contributed by atoms with van der Waals surface area (Å²) in [5.41, 5.74) is -2.05. The van der Waals surface area contributed by atoms with Crippen molar-refractivity contribution in [2.45, 2.75) is 19.0 Å². The Morgan fingerprint density at radius 1 is 1.21 bits per heavy atom. The Balaban J connectivity index is 1.62. The highest BCUT2D eigenvalue weighted by Crippen LogP contribution is 2.31. The first kappa shape index (κ1) is 19.9. The second-order valence-corrected chi connectivity index (χ2v) is 6.31. The number of hydrogen-bond acceptors (Lipinski definition) is 6. The maximum absolute atomic E-state index is 13.0. The Labute approximate surface area is 159 Å². The van der Waals surface area contributed by atoms with Crippen molar-refractivity contribution in [3.05, 3.63) is 41.7 Å². The molecule has 0 atom stereocenters. The van der Waals surface area contributed by atoms with Crippen LogP contribution >= 0.6 is 0 Å². The minimum absolute atomic E-state index is 0.347. The Kier molecular flexibility index (Phi) is 5.98.